The molecule has 14 aliphatic carbocycles. The molecule has 4 saturated heterocycles. The molecule has 18 heteroatoms. The first-order chi connectivity index (χ1) is 51.6. The predicted molar refractivity (Wildman–Crippen MR) is 405 cm³/mol. The van der Waals surface area contributed by atoms with E-state index in [0.717, 1.165) is 137 Å². The molecule has 8 heterocycles. The van der Waals surface area contributed by atoms with Crippen LogP contribution in [0.25, 0.3) is 0 Å². The number of carbonyl (C=O) groups is 1. The number of piperidine rings is 4. The number of hydrogen-bond donors (Lipinski definition) is 8. The molecule has 576 valence electrons. The summed E-state index contributed by atoms with van der Waals surface area (Å²) < 4.78 is 31.0. The Morgan fingerprint density at radius 1 is 0.583 bits per heavy atom. The van der Waals surface area contributed by atoms with Crippen LogP contribution < -0.4 is 18.9 Å². The Bertz CT molecular complexity index is 4540. The van der Waals surface area contributed by atoms with Crippen LogP contribution in [0.3, 0.4) is 0 Å². The Labute approximate surface area is 635 Å². The van der Waals surface area contributed by atoms with Crippen molar-refractivity contribution in [2.24, 2.45) is 51.2 Å². The Hall–Kier alpha value is -6.19. The number of rotatable bonds is 11. The maximum Gasteiger partial charge on any atom is 0.174 e. The minimum atomic E-state index is -1.01. The van der Waals surface area contributed by atoms with Gasteiger partial charge in [0.25, 0.3) is 0 Å². The first-order valence-electron chi connectivity index (χ1n) is 41.5. The summed E-state index contributed by atoms with van der Waals surface area (Å²) in [7, 11) is 1.69. The highest BCUT2D eigenvalue weighted by atomic mass is 16.5. The van der Waals surface area contributed by atoms with Crippen LogP contribution in [0.1, 0.15) is 176 Å². The third-order valence-corrected chi connectivity index (χ3v) is 34.0. The molecule has 0 amide bonds. The van der Waals surface area contributed by atoms with Crippen LogP contribution in [0, 0.1) is 51.2 Å². The highest BCUT2D eigenvalue weighted by Gasteiger charge is 2.82. The molecule has 108 heavy (non-hydrogen) atoms. The minimum Gasteiger partial charge on any atom is -0.504 e. The quantitative estimate of drug-likeness (QED) is 0.0652. The van der Waals surface area contributed by atoms with E-state index < -0.39 is 34.4 Å². The summed E-state index contributed by atoms with van der Waals surface area (Å²) in [6, 6.07) is 16.7. The van der Waals surface area contributed by atoms with Crippen molar-refractivity contribution in [3.8, 4) is 46.0 Å². The summed E-state index contributed by atoms with van der Waals surface area (Å²) in [5.41, 5.74) is 6.16. The number of likely N-dealkylation sites (tertiary alicyclic amines) is 4. The molecule has 8 N–H and O–H groups in total. The zero-order valence-corrected chi connectivity index (χ0v) is 64.2. The van der Waals surface area contributed by atoms with Crippen molar-refractivity contribution in [2.75, 3.05) is 66.1 Å². The molecular formula is C90H112N4O14. The van der Waals surface area contributed by atoms with Crippen molar-refractivity contribution >= 4 is 5.78 Å². The van der Waals surface area contributed by atoms with Crippen molar-refractivity contribution in [3.63, 3.8) is 0 Å². The number of ketones is 1. The van der Waals surface area contributed by atoms with Crippen molar-refractivity contribution in [2.45, 2.75) is 250 Å². The molecule has 6 spiro atoms. The average Bonchev–Trinajstić information content (AvgIpc) is 1.37. The van der Waals surface area contributed by atoms with Crippen LogP contribution in [-0.2, 0) is 56.9 Å². The Morgan fingerprint density at radius 3 is 1.76 bits per heavy atom. The van der Waals surface area contributed by atoms with Gasteiger partial charge in [-0.15, -0.1) is 6.58 Å². The lowest BCUT2D eigenvalue weighted by Crippen LogP contribution is -2.79. The molecular weight excluding hydrogens is 1360 g/mol. The lowest BCUT2D eigenvalue weighted by atomic mass is 9.32. The van der Waals surface area contributed by atoms with E-state index in [0.29, 0.717) is 73.6 Å². The minimum absolute atomic E-state index is 0.00806. The van der Waals surface area contributed by atoms with Crippen LogP contribution in [0.4, 0.5) is 0 Å². The third kappa shape index (κ3) is 8.59. The number of hydrogen-bond acceptors (Lipinski definition) is 18. The summed E-state index contributed by atoms with van der Waals surface area (Å²) in [6.45, 7) is 25.3. The van der Waals surface area contributed by atoms with E-state index in [1.54, 1.807) is 19.2 Å². The van der Waals surface area contributed by atoms with E-state index in [-0.39, 0.29) is 97.1 Å². The van der Waals surface area contributed by atoms with Gasteiger partial charge in [-0.2, -0.15) is 0 Å². The van der Waals surface area contributed by atoms with Gasteiger partial charge in [-0.25, -0.2) is 0 Å². The molecule has 4 aromatic rings. The van der Waals surface area contributed by atoms with E-state index >= 15 is 0 Å². The summed E-state index contributed by atoms with van der Waals surface area (Å²) in [5.74, 6) is 5.88. The van der Waals surface area contributed by atoms with Crippen LogP contribution in [0.2, 0.25) is 0 Å². The molecule has 22 aliphatic rings. The number of phenolic OH excluding ortho intramolecular Hbond substituents is 4. The highest BCUT2D eigenvalue weighted by molar-refractivity contribution is 5.90. The second-order valence-corrected chi connectivity index (χ2v) is 39.4. The average molecular weight is 1470 g/mol. The SMILES string of the molecule is C=CCN1CC[C@]23c4c5ccc(O)c4O[C@H]2[C@@H](O)C=C[C@H]3[C@H]1C5.CC(C)(O)[C@H]1C[C@@]23C=C[C@]1(C)[C@@H]1Oc4c(O)ccc5c4[C@@]12CCN(CC1CC1)[C@@H]3C5.CC(C)(O)[C@H]1C[C@@]23CC[C@]1(C)[C@@H]1Oc4c(O)ccc5c4[C@@]12CCN(CC1CC1)[C@@H]3C5.COCCN1CC[C@]23c4c5ccc(O)c4O[C@H]2C(=O)CC[C@@]3(O)C1C5. The second kappa shape index (κ2) is 22.8. The number of phenols is 4. The standard InChI is InChI=1S/C26H35NO3.C26H33NO3.C19H23NO5.C19H21NO3/c2*1-23(2,29)18-13-25-9-8-24(18,3)22-26(25)10-11-27(14-15-4-5-15)19(25)12-16-6-7-17(28)21(30-22)20(16)26;1-24-9-8-20-7-6-18-15-11-2-3-12(21)16(15)25-17(18)13(22)4-5-19(18,23)14(20)10-11;1-2-8-20-9-7-19-12-4-6-15(22)18(19)23-17-14(21)5-3-11(16(17)19)10-13(12)20/h6-7,15,18-19,22,28-29H,4-5,8-14H2,1-3H3;6-9,15,18-19,22,28-29H,4-5,10-14H2,1-3H3;2-3,14,17,21,23H,4-10H2,1H3;2-6,12-13,15,18,21-22H,1,7-10H2/t2*18-,19-,22+,24+,25-,26+;14?,17-,18-,19+;12-,13+,15-,18-,19-/m1100/s1. The lowest BCUT2D eigenvalue weighted by molar-refractivity contribution is -0.260. The fourth-order valence-electron chi connectivity index (χ4n) is 29.6. The van der Waals surface area contributed by atoms with Gasteiger partial charge in [-0.05, 0) is 227 Å². The number of ether oxygens (including phenoxy) is 5. The zero-order valence-electron chi connectivity index (χ0n) is 64.2. The van der Waals surface area contributed by atoms with Crippen molar-refractivity contribution in [3.05, 3.63) is 130 Å². The van der Waals surface area contributed by atoms with Crippen LogP contribution in [0.15, 0.2) is 85.5 Å². The number of benzene rings is 4. The number of aliphatic hydroxyl groups excluding tert-OH is 1. The van der Waals surface area contributed by atoms with Crippen molar-refractivity contribution in [1.82, 2.24) is 19.6 Å². The largest absolute Gasteiger partial charge is 0.504 e. The van der Waals surface area contributed by atoms with E-state index in [2.05, 4.69) is 70.4 Å². The van der Waals surface area contributed by atoms with Crippen molar-refractivity contribution < 1.29 is 69.3 Å². The van der Waals surface area contributed by atoms with Crippen molar-refractivity contribution in [1.29, 1.82) is 0 Å². The zero-order chi connectivity index (χ0) is 74.5. The first-order valence-corrected chi connectivity index (χ1v) is 41.5. The molecule has 18 nitrogen and oxygen atoms in total. The van der Waals surface area contributed by atoms with Gasteiger partial charge in [0.15, 0.2) is 57.9 Å². The lowest BCUT2D eigenvalue weighted by Gasteiger charge is -2.75. The van der Waals surface area contributed by atoms with Gasteiger partial charge in [0, 0.05) is 136 Å². The fourth-order valence-corrected chi connectivity index (χ4v) is 29.6. The third-order valence-electron chi connectivity index (χ3n) is 34.0. The van der Waals surface area contributed by atoms with Gasteiger partial charge in [0.1, 0.15) is 24.4 Å². The Balaban J connectivity index is 0.0000000925. The molecule has 0 radical (unpaired) electrons. The van der Waals surface area contributed by atoms with Gasteiger partial charge in [-0.1, -0.05) is 68.5 Å². The van der Waals surface area contributed by atoms with E-state index in [9.17, 15) is 45.6 Å². The number of aliphatic hydroxyl groups is 4. The van der Waals surface area contributed by atoms with Crippen LogP contribution >= 0.6 is 0 Å². The summed E-state index contributed by atoms with van der Waals surface area (Å²) in [5, 5.41) is 87.2. The molecule has 21 atom stereocenters. The van der Waals surface area contributed by atoms with Gasteiger partial charge < -0.3 is 64.5 Å². The van der Waals surface area contributed by atoms with Gasteiger partial charge in [0.05, 0.1) is 28.8 Å². The smallest absolute Gasteiger partial charge is 0.174 e. The molecule has 4 aromatic carbocycles. The second-order valence-electron chi connectivity index (χ2n) is 39.4. The maximum atomic E-state index is 12.7. The summed E-state index contributed by atoms with van der Waals surface area (Å²) >= 11 is 0. The number of methoxy groups -OCH3 is 1. The van der Waals surface area contributed by atoms with E-state index in [1.165, 1.54) is 73.0 Å². The number of aromatic hydroxyl groups is 4. The molecule has 26 rings (SSSR count). The molecule has 8 aliphatic heterocycles. The van der Waals surface area contributed by atoms with E-state index in [1.807, 2.05) is 64.1 Å². The van der Waals surface area contributed by atoms with Crippen LogP contribution in [0.5, 0.6) is 46.0 Å². The monoisotopic (exact) mass is 1470 g/mol. The normalized spacial score (nSPS) is 42.7. The molecule has 0 aromatic heterocycles. The van der Waals surface area contributed by atoms with Crippen LogP contribution in [-0.4, -0.2) is 204 Å². The number of fused-ring (bicyclic) bond motifs is 3. The number of carbonyl (C=O) groups excluding carboxylic acids is 1. The Kier molecular flexibility index (Phi) is 14.7. The fraction of sp³-hybridized carbons (Fsp3) is 0.656. The first kappa shape index (κ1) is 69.7. The molecule has 1 unspecified atom stereocenters. The van der Waals surface area contributed by atoms with E-state index in [4.69, 9.17) is 23.7 Å². The van der Waals surface area contributed by atoms with Gasteiger partial charge in [0.2, 0.25) is 0 Å². The highest BCUT2D eigenvalue weighted by Crippen LogP contribution is 2.81. The molecule has 11 fully saturated rings. The summed E-state index contributed by atoms with van der Waals surface area (Å²) in [6.07, 6.45) is 27.8. The summed E-state index contributed by atoms with van der Waals surface area (Å²) in [4.78, 5) is 23.1. The Morgan fingerprint density at radius 2 is 1.13 bits per heavy atom. The predicted octanol–water partition coefficient (Wildman–Crippen LogP) is 10.3. The molecule has 12 bridgehead atoms. The van der Waals surface area contributed by atoms with Gasteiger partial charge >= 0.3 is 0 Å². The number of Topliss-reactive ketones (excluding diaryl/α,β-unsaturated/α-hetero) is 1. The molecule has 7 saturated carbocycles. The maximum absolute atomic E-state index is 12.7. The van der Waals surface area contributed by atoms with Gasteiger partial charge in [-0.3, -0.25) is 24.4 Å². The number of nitrogens with zero attached hydrogens (tertiary/aromatic N) is 4. The topological polar surface area (TPSA) is 238 Å².